The molecule has 1 aliphatic rings. The van der Waals surface area contributed by atoms with Crippen molar-refractivity contribution < 1.29 is 17.9 Å². The van der Waals surface area contributed by atoms with E-state index in [2.05, 4.69) is 4.72 Å². The van der Waals surface area contributed by atoms with Gasteiger partial charge in [-0.25, -0.2) is 13.1 Å². The van der Waals surface area contributed by atoms with Crippen LogP contribution in [0, 0.1) is 0 Å². The molecule has 1 atom stereocenters. The minimum absolute atomic E-state index is 0.0863. The molecule has 1 unspecified atom stereocenters. The normalized spacial score (nSPS) is 15.2. The van der Waals surface area contributed by atoms with Crippen molar-refractivity contribution in [2.24, 2.45) is 0 Å². The molecule has 1 heterocycles. The van der Waals surface area contributed by atoms with E-state index in [-0.39, 0.29) is 10.8 Å². The zero-order chi connectivity index (χ0) is 16.3. The van der Waals surface area contributed by atoms with Crippen LogP contribution in [0.25, 0.3) is 0 Å². The molecule has 0 amide bonds. The Morgan fingerprint density at radius 2 is 1.74 bits per heavy atom. The Labute approximate surface area is 136 Å². The summed E-state index contributed by atoms with van der Waals surface area (Å²) in [6.45, 7) is 3.23. The van der Waals surface area contributed by atoms with Crippen LogP contribution in [0.2, 0.25) is 0 Å². The second-order valence-electron chi connectivity index (χ2n) is 5.47. The molecule has 0 aromatic heterocycles. The fourth-order valence-corrected chi connectivity index (χ4v) is 3.55. The molecule has 1 aliphatic heterocycles. The Hall–Kier alpha value is -2.05. The highest BCUT2D eigenvalue weighted by molar-refractivity contribution is 7.89. The third kappa shape index (κ3) is 3.65. The molecule has 1 N–H and O–H groups in total. The topological polar surface area (TPSA) is 64.6 Å². The van der Waals surface area contributed by atoms with E-state index in [0.29, 0.717) is 31.3 Å². The highest BCUT2D eigenvalue weighted by atomic mass is 32.2. The van der Waals surface area contributed by atoms with Crippen LogP contribution in [-0.4, -0.2) is 28.2 Å². The second kappa shape index (κ2) is 6.60. The zero-order valence-corrected chi connectivity index (χ0v) is 13.7. The Balaban J connectivity index is 1.72. The van der Waals surface area contributed by atoms with Crippen molar-refractivity contribution in [3.8, 4) is 11.5 Å². The summed E-state index contributed by atoms with van der Waals surface area (Å²) in [5, 5.41) is 0. The number of nitrogens with one attached hydrogen (secondary N) is 1. The summed E-state index contributed by atoms with van der Waals surface area (Å²) in [4.78, 5) is 0.182. The number of benzene rings is 2. The lowest BCUT2D eigenvalue weighted by molar-refractivity contribution is 0.171. The van der Waals surface area contributed by atoms with Crippen LogP contribution in [0.15, 0.2) is 53.4 Å². The number of hydrogen-bond donors (Lipinski definition) is 1. The van der Waals surface area contributed by atoms with Crippen molar-refractivity contribution in [2.75, 3.05) is 19.8 Å². The van der Waals surface area contributed by atoms with E-state index in [1.807, 2.05) is 37.3 Å². The fourth-order valence-electron chi connectivity index (χ4n) is 2.41. The highest BCUT2D eigenvalue weighted by Crippen LogP contribution is 2.32. The Morgan fingerprint density at radius 3 is 2.48 bits per heavy atom. The van der Waals surface area contributed by atoms with E-state index in [1.54, 1.807) is 6.07 Å². The first-order valence-corrected chi connectivity index (χ1v) is 8.99. The standard InChI is InChI=1S/C17H19NO4S/c1-13(14-5-3-2-4-6-14)12-18-23(19,20)15-7-8-16-17(11-15)22-10-9-21-16/h2-8,11,13,18H,9-10,12H2,1H3. The average Bonchev–Trinajstić information content (AvgIpc) is 2.60. The van der Waals surface area contributed by atoms with Gasteiger partial charge in [0.15, 0.2) is 11.5 Å². The summed E-state index contributed by atoms with van der Waals surface area (Å²) in [6, 6.07) is 14.5. The van der Waals surface area contributed by atoms with Gasteiger partial charge < -0.3 is 9.47 Å². The van der Waals surface area contributed by atoms with Crippen molar-refractivity contribution in [2.45, 2.75) is 17.7 Å². The Bertz CT molecular complexity index is 774. The van der Waals surface area contributed by atoms with Crippen LogP contribution in [0.5, 0.6) is 11.5 Å². The predicted molar refractivity (Wildman–Crippen MR) is 87.5 cm³/mol. The fraction of sp³-hybridized carbons (Fsp3) is 0.294. The minimum Gasteiger partial charge on any atom is -0.486 e. The van der Waals surface area contributed by atoms with Gasteiger partial charge in [0.1, 0.15) is 13.2 Å². The zero-order valence-electron chi connectivity index (χ0n) is 12.9. The Morgan fingerprint density at radius 1 is 1.04 bits per heavy atom. The summed E-state index contributed by atoms with van der Waals surface area (Å²) < 4.78 is 38.4. The molecule has 0 saturated heterocycles. The molecule has 23 heavy (non-hydrogen) atoms. The van der Waals surface area contributed by atoms with Crippen molar-refractivity contribution in [3.05, 3.63) is 54.1 Å². The first-order chi connectivity index (χ1) is 11.1. The second-order valence-corrected chi connectivity index (χ2v) is 7.24. The molecule has 0 bridgehead atoms. The van der Waals surface area contributed by atoms with Crippen LogP contribution >= 0.6 is 0 Å². The largest absolute Gasteiger partial charge is 0.486 e. The maximum Gasteiger partial charge on any atom is 0.240 e. The van der Waals surface area contributed by atoms with Crippen LogP contribution in [0.4, 0.5) is 0 Å². The van der Waals surface area contributed by atoms with Gasteiger partial charge >= 0.3 is 0 Å². The summed E-state index contributed by atoms with van der Waals surface area (Å²) in [5.41, 5.74) is 1.09. The van der Waals surface area contributed by atoms with Crippen LogP contribution in [0.3, 0.4) is 0 Å². The summed E-state index contributed by atoms with van der Waals surface area (Å²) in [6.07, 6.45) is 0. The molecule has 122 valence electrons. The summed E-state index contributed by atoms with van der Waals surface area (Å²) in [5.74, 6) is 1.13. The van der Waals surface area contributed by atoms with E-state index in [0.717, 1.165) is 5.56 Å². The number of ether oxygens (including phenoxy) is 2. The first-order valence-electron chi connectivity index (χ1n) is 7.50. The van der Waals surface area contributed by atoms with E-state index < -0.39 is 10.0 Å². The first kappa shape index (κ1) is 15.8. The van der Waals surface area contributed by atoms with Gasteiger partial charge in [-0.3, -0.25) is 0 Å². The molecule has 2 aromatic rings. The molecule has 0 aliphatic carbocycles. The van der Waals surface area contributed by atoms with Gasteiger partial charge in [0.2, 0.25) is 10.0 Å². The minimum atomic E-state index is -3.58. The third-order valence-electron chi connectivity index (χ3n) is 3.77. The summed E-state index contributed by atoms with van der Waals surface area (Å²) >= 11 is 0. The van der Waals surface area contributed by atoms with Gasteiger partial charge in [-0.05, 0) is 23.6 Å². The quantitative estimate of drug-likeness (QED) is 0.913. The van der Waals surface area contributed by atoms with Crippen molar-refractivity contribution in [3.63, 3.8) is 0 Å². The summed E-state index contributed by atoms with van der Waals surface area (Å²) in [7, 11) is -3.58. The smallest absolute Gasteiger partial charge is 0.240 e. The highest BCUT2D eigenvalue weighted by Gasteiger charge is 2.20. The number of sulfonamides is 1. The van der Waals surface area contributed by atoms with Gasteiger partial charge in [-0.2, -0.15) is 0 Å². The molecule has 0 radical (unpaired) electrons. The van der Waals surface area contributed by atoms with Gasteiger partial charge in [-0.1, -0.05) is 37.3 Å². The molecule has 6 heteroatoms. The van der Waals surface area contributed by atoms with Crippen molar-refractivity contribution in [1.82, 2.24) is 4.72 Å². The van der Waals surface area contributed by atoms with Crippen molar-refractivity contribution >= 4 is 10.0 Å². The maximum atomic E-state index is 12.4. The SMILES string of the molecule is CC(CNS(=O)(=O)c1ccc2c(c1)OCCO2)c1ccccc1. The van der Waals surface area contributed by atoms with E-state index >= 15 is 0 Å². The van der Waals surface area contributed by atoms with E-state index in [4.69, 9.17) is 9.47 Å². The molecular formula is C17H19NO4S. The lowest BCUT2D eigenvalue weighted by Crippen LogP contribution is -2.28. The van der Waals surface area contributed by atoms with Crippen LogP contribution in [-0.2, 0) is 10.0 Å². The van der Waals surface area contributed by atoms with Crippen LogP contribution in [0.1, 0.15) is 18.4 Å². The van der Waals surface area contributed by atoms with E-state index in [1.165, 1.54) is 12.1 Å². The third-order valence-corrected chi connectivity index (χ3v) is 5.19. The number of hydrogen-bond acceptors (Lipinski definition) is 4. The van der Waals surface area contributed by atoms with Crippen molar-refractivity contribution in [1.29, 1.82) is 0 Å². The number of rotatable bonds is 5. The van der Waals surface area contributed by atoms with Gasteiger partial charge in [-0.15, -0.1) is 0 Å². The molecule has 0 fully saturated rings. The predicted octanol–water partition coefficient (Wildman–Crippen LogP) is 2.54. The van der Waals surface area contributed by atoms with Gasteiger partial charge in [0, 0.05) is 12.6 Å². The molecular weight excluding hydrogens is 314 g/mol. The maximum absolute atomic E-state index is 12.4. The molecule has 0 saturated carbocycles. The Kier molecular flexibility index (Phi) is 4.54. The van der Waals surface area contributed by atoms with Gasteiger partial charge in [0.25, 0.3) is 0 Å². The van der Waals surface area contributed by atoms with E-state index in [9.17, 15) is 8.42 Å². The molecule has 5 nitrogen and oxygen atoms in total. The van der Waals surface area contributed by atoms with Gasteiger partial charge in [0.05, 0.1) is 4.90 Å². The number of fused-ring (bicyclic) bond motifs is 1. The monoisotopic (exact) mass is 333 g/mol. The lowest BCUT2D eigenvalue weighted by atomic mass is 10.0. The molecule has 0 spiro atoms. The average molecular weight is 333 g/mol. The lowest BCUT2D eigenvalue weighted by Gasteiger charge is -2.19. The van der Waals surface area contributed by atoms with Crippen LogP contribution < -0.4 is 14.2 Å². The molecule has 2 aromatic carbocycles. The molecule has 3 rings (SSSR count).